The van der Waals surface area contributed by atoms with E-state index in [1.54, 1.807) is 44.7 Å². The van der Waals surface area contributed by atoms with E-state index in [0.717, 1.165) is 83.2 Å². The summed E-state index contributed by atoms with van der Waals surface area (Å²) < 4.78 is 53.5. The van der Waals surface area contributed by atoms with Gasteiger partial charge in [-0.25, -0.2) is 9.97 Å². The first-order valence-corrected chi connectivity index (χ1v) is 20.6. The zero-order chi connectivity index (χ0) is 42.1. The maximum absolute atomic E-state index is 13.0. The lowest BCUT2D eigenvalue weighted by Crippen LogP contribution is -2.46. The topological polar surface area (TPSA) is 98.0 Å². The van der Waals surface area contributed by atoms with Gasteiger partial charge in [0.25, 0.3) is 11.1 Å². The Labute approximate surface area is 347 Å². The summed E-state index contributed by atoms with van der Waals surface area (Å²) in [5.41, 5.74) is 4.18. The summed E-state index contributed by atoms with van der Waals surface area (Å²) in [5, 5.41) is 1.14. The Morgan fingerprint density at radius 1 is 0.617 bits per heavy atom. The van der Waals surface area contributed by atoms with Crippen LogP contribution in [-0.4, -0.2) is 87.9 Å². The van der Waals surface area contributed by atoms with E-state index < -0.39 is 11.7 Å². The molecule has 0 bridgehead atoms. The predicted octanol–water partition coefficient (Wildman–Crippen LogP) is 7.08. The Hall–Kier alpha value is -5.73. The van der Waals surface area contributed by atoms with Gasteiger partial charge in [-0.15, -0.1) is 0 Å². The first-order valence-electron chi connectivity index (χ1n) is 20.6. The average Bonchev–Trinajstić information content (AvgIpc) is 3.26. The number of ether oxygens (including phenoxy) is 2. The number of nitrogens with zero attached hydrogens (tertiary/aromatic N) is 7. The molecule has 4 aromatic carbocycles. The zero-order valence-electron chi connectivity index (χ0n) is 34.2. The van der Waals surface area contributed by atoms with Crippen molar-refractivity contribution in [1.29, 1.82) is 0 Å². The number of alkyl halides is 3. The van der Waals surface area contributed by atoms with Gasteiger partial charge in [-0.3, -0.25) is 19.4 Å². The van der Waals surface area contributed by atoms with E-state index in [1.807, 2.05) is 23.1 Å². The molecule has 0 radical (unpaired) electrons. The van der Waals surface area contributed by atoms with E-state index in [4.69, 9.17) is 9.47 Å². The number of rotatable bonds is 13. The number of unbranched alkanes of at least 4 members (excludes halogenated alkanes) is 2. The van der Waals surface area contributed by atoms with Crippen LogP contribution in [-0.2, 0) is 33.2 Å². The zero-order valence-corrected chi connectivity index (χ0v) is 34.2. The number of hydrogen-bond donors (Lipinski definition) is 0. The summed E-state index contributed by atoms with van der Waals surface area (Å²) in [5.74, 6) is 1.39. The molecule has 6 aromatic rings. The van der Waals surface area contributed by atoms with E-state index in [0.29, 0.717) is 59.5 Å². The quantitative estimate of drug-likeness (QED) is 0.113. The molecule has 14 heteroatoms. The van der Waals surface area contributed by atoms with Crippen LogP contribution in [0.1, 0.15) is 42.4 Å². The van der Waals surface area contributed by atoms with Crippen LogP contribution in [0.5, 0.6) is 11.5 Å². The van der Waals surface area contributed by atoms with Gasteiger partial charge in [-0.05, 0) is 111 Å². The Balaban J connectivity index is 0.000000185. The SMILES string of the molecule is Cn1cnc2ccc(OCCCCN3CCN(c4cccc(C(F)(F)F)c4)CC3)cc2c1=O.Cn1cnc2ccc(OCCCCN3CCc4ccccc4C3)cc2c1=O. The number of hydrogen-bond acceptors (Lipinski definition) is 9. The summed E-state index contributed by atoms with van der Waals surface area (Å²) in [6.07, 6.45) is 3.82. The van der Waals surface area contributed by atoms with Crippen molar-refractivity contribution in [3.63, 3.8) is 0 Å². The van der Waals surface area contributed by atoms with Crippen LogP contribution >= 0.6 is 0 Å². The lowest BCUT2D eigenvalue weighted by Gasteiger charge is -2.36. The standard InChI is InChI=1S/C24H27F3N4O2.C22H25N3O2/c1-29-17-28-22-8-7-20(16-21(22)23(29)32)33-14-3-2-9-30-10-12-31(13-11-30)19-6-4-5-18(15-19)24(25,26)27;1-24-16-23-21-9-8-19(14-20(21)22(24)26)27-13-5-4-11-25-12-10-17-6-2-3-7-18(17)15-25/h4-8,15-17H,2-3,9-14H2,1H3;2-3,6-9,14,16H,4-5,10-13,15H2,1H3. The normalized spacial score (nSPS) is 14.8. The summed E-state index contributed by atoms with van der Waals surface area (Å²) >= 11 is 0. The molecule has 0 saturated carbocycles. The molecule has 0 unspecified atom stereocenters. The predicted molar refractivity (Wildman–Crippen MR) is 229 cm³/mol. The van der Waals surface area contributed by atoms with Crippen LogP contribution in [0.2, 0.25) is 0 Å². The highest BCUT2D eigenvalue weighted by molar-refractivity contribution is 5.79. The minimum Gasteiger partial charge on any atom is -0.494 e. The van der Waals surface area contributed by atoms with E-state index >= 15 is 0 Å². The number of aryl methyl sites for hydroxylation is 2. The first-order chi connectivity index (χ1) is 29.0. The molecule has 0 aliphatic carbocycles. The third-order valence-corrected chi connectivity index (χ3v) is 11.2. The summed E-state index contributed by atoms with van der Waals surface area (Å²) in [7, 11) is 3.38. The van der Waals surface area contributed by atoms with Crippen LogP contribution in [0, 0.1) is 0 Å². The largest absolute Gasteiger partial charge is 0.494 e. The monoisotopic (exact) mass is 823 g/mol. The van der Waals surface area contributed by atoms with E-state index in [9.17, 15) is 22.8 Å². The van der Waals surface area contributed by atoms with Crippen molar-refractivity contribution in [2.75, 3.05) is 63.9 Å². The number of benzene rings is 4. The Morgan fingerprint density at radius 3 is 1.77 bits per heavy atom. The molecule has 0 spiro atoms. The maximum atomic E-state index is 13.0. The number of anilines is 1. The lowest BCUT2D eigenvalue weighted by molar-refractivity contribution is -0.137. The molecular weight excluding hydrogens is 772 g/mol. The molecule has 0 atom stereocenters. The Kier molecular flexibility index (Phi) is 13.8. The molecule has 11 nitrogen and oxygen atoms in total. The van der Waals surface area contributed by atoms with Gasteiger partial charge in [0.05, 0.1) is 53.2 Å². The summed E-state index contributed by atoms with van der Waals surface area (Å²) in [4.78, 5) is 39.7. The fourth-order valence-electron chi connectivity index (χ4n) is 7.67. The molecule has 0 amide bonds. The third-order valence-electron chi connectivity index (χ3n) is 11.2. The Morgan fingerprint density at radius 2 is 1.18 bits per heavy atom. The van der Waals surface area contributed by atoms with Crippen molar-refractivity contribution < 1.29 is 22.6 Å². The van der Waals surface area contributed by atoms with Gasteiger partial charge in [-0.2, -0.15) is 13.2 Å². The Bertz CT molecular complexity index is 2500. The van der Waals surface area contributed by atoms with Gasteiger partial charge in [0, 0.05) is 59.1 Å². The van der Waals surface area contributed by atoms with Crippen molar-refractivity contribution in [3.8, 4) is 11.5 Å². The van der Waals surface area contributed by atoms with Gasteiger partial charge in [0.2, 0.25) is 0 Å². The molecule has 60 heavy (non-hydrogen) atoms. The number of aromatic nitrogens is 4. The van der Waals surface area contributed by atoms with Gasteiger partial charge in [0.15, 0.2) is 0 Å². The molecule has 4 heterocycles. The number of fused-ring (bicyclic) bond motifs is 3. The second kappa shape index (κ2) is 19.6. The molecule has 1 fully saturated rings. The molecular formula is C46H52F3N7O4. The van der Waals surface area contributed by atoms with E-state index in [2.05, 4.69) is 44.0 Å². The second-order valence-electron chi connectivity index (χ2n) is 15.5. The molecule has 2 aliphatic heterocycles. The molecule has 316 valence electrons. The summed E-state index contributed by atoms with van der Waals surface area (Å²) in [6, 6.07) is 25.1. The van der Waals surface area contributed by atoms with E-state index in [1.165, 1.54) is 38.7 Å². The van der Waals surface area contributed by atoms with Gasteiger partial charge < -0.3 is 23.5 Å². The smallest absolute Gasteiger partial charge is 0.416 e. The minimum atomic E-state index is -4.32. The third kappa shape index (κ3) is 10.9. The van der Waals surface area contributed by atoms with Crippen molar-refractivity contribution in [2.45, 2.75) is 44.8 Å². The van der Waals surface area contributed by atoms with Crippen molar-refractivity contribution in [1.82, 2.24) is 28.9 Å². The highest BCUT2D eigenvalue weighted by Gasteiger charge is 2.31. The van der Waals surface area contributed by atoms with Crippen LogP contribution in [0.3, 0.4) is 0 Å². The van der Waals surface area contributed by atoms with Gasteiger partial charge in [0.1, 0.15) is 11.5 Å². The first kappa shape index (κ1) is 42.4. The fourth-order valence-corrected chi connectivity index (χ4v) is 7.67. The molecule has 8 rings (SSSR count). The lowest BCUT2D eigenvalue weighted by atomic mass is 10.00. The fraction of sp³-hybridized carbons (Fsp3) is 0.391. The molecule has 2 aliphatic rings. The van der Waals surface area contributed by atoms with Gasteiger partial charge in [-0.1, -0.05) is 30.3 Å². The van der Waals surface area contributed by atoms with Crippen molar-refractivity contribution >= 4 is 27.5 Å². The average molecular weight is 824 g/mol. The van der Waals surface area contributed by atoms with Crippen LogP contribution in [0.15, 0.2) is 107 Å². The summed E-state index contributed by atoms with van der Waals surface area (Å²) in [6.45, 7) is 8.47. The number of halogens is 3. The van der Waals surface area contributed by atoms with Crippen molar-refractivity contribution in [2.24, 2.45) is 14.1 Å². The highest BCUT2D eigenvalue weighted by Crippen LogP contribution is 2.32. The highest BCUT2D eigenvalue weighted by atomic mass is 19.4. The number of piperazine rings is 1. The molecule has 2 aromatic heterocycles. The second-order valence-corrected chi connectivity index (χ2v) is 15.5. The van der Waals surface area contributed by atoms with Crippen LogP contribution in [0.4, 0.5) is 18.9 Å². The maximum Gasteiger partial charge on any atom is 0.416 e. The van der Waals surface area contributed by atoms with E-state index in [-0.39, 0.29) is 11.1 Å². The van der Waals surface area contributed by atoms with Crippen LogP contribution < -0.4 is 25.5 Å². The molecule has 1 saturated heterocycles. The minimum absolute atomic E-state index is 0.0455. The molecule has 0 N–H and O–H groups in total. The van der Waals surface area contributed by atoms with Crippen molar-refractivity contribution in [3.05, 3.63) is 135 Å². The van der Waals surface area contributed by atoms with Gasteiger partial charge >= 0.3 is 6.18 Å². The van der Waals surface area contributed by atoms with Crippen LogP contribution in [0.25, 0.3) is 21.8 Å².